The van der Waals surface area contributed by atoms with Gasteiger partial charge in [0.1, 0.15) is 6.04 Å². The molecule has 2 atom stereocenters. The molecule has 3 heterocycles. The summed E-state index contributed by atoms with van der Waals surface area (Å²) in [6.07, 6.45) is 4.82. The minimum absolute atomic E-state index is 0.0767. The molecule has 2 amide bonds. The van der Waals surface area contributed by atoms with Crippen LogP contribution in [0, 0.1) is 0 Å². The van der Waals surface area contributed by atoms with Crippen molar-refractivity contribution < 1.29 is 9.59 Å². The van der Waals surface area contributed by atoms with Crippen LogP contribution >= 0.6 is 0 Å². The maximum absolute atomic E-state index is 12.3. The smallest absolute Gasteiger partial charge is 0.242 e. The van der Waals surface area contributed by atoms with Crippen LogP contribution in [-0.4, -0.2) is 40.4 Å². The van der Waals surface area contributed by atoms with Gasteiger partial charge in [-0.15, -0.1) is 0 Å². The van der Waals surface area contributed by atoms with Crippen LogP contribution in [0.1, 0.15) is 30.7 Å². The molecule has 0 aromatic carbocycles. The van der Waals surface area contributed by atoms with E-state index in [9.17, 15) is 9.59 Å². The van der Waals surface area contributed by atoms with Crippen molar-refractivity contribution in [2.75, 3.05) is 6.54 Å². The van der Waals surface area contributed by atoms with Gasteiger partial charge in [0.2, 0.25) is 11.8 Å². The van der Waals surface area contributed by atoms with Gasteiger partial charge in [0, 0.05) is 19.5 Å². The fourth-order valence-electron chi connectivity index (χ4n) is 2.70. The molecule has 1 fully saturated rings. The molecule has 0 aliphatic carbocycles. The lowest BCUT2D eigenvalue weighted by atomic mass is 10.0. The van der Waals surface area contributed by atoms with Gasteiger partial charge in [0.15, 0.2) is 0 Å². The van der Waals surface area contributed by atoms with Crippen molar-refractivity contribution in [2.45, 2.75) is 44.3 Å². The third-order valence-corrected chi connectivity index (χ3v) is 3.90. The number of carbonyl (C=O) groups is 2. The molecule has 0 bridgehead atoms. The normalized spacial score (nSPS) is 26.3. The molecule has 4 N–H and O–H groups in total. The lowest BCUT2D eigenvalue weighted by Crippen LogP contribution is -2.53. The summed E-state index contributed by atoms with van der Waals surface area (Å²) < 4.78 is 0. The molecule has 20 heavy (non-hydrogen) atoms. The first-order valence-electron chi connectivity index (χ1n) is 7.06. The number of nitrogens with zero attached hydrogens (tertiary/aromatic N) is 1. The Labute approximate surface area is 116 Å². The molecule has 7 heteroatoms. The van der Waals surface area contributed by atoms with Crippen LogP contribution < -0.4 is 16.0 Å². The van der Waals surface area contributed by atoms with Crippen LogP contribution in [0.15, 0.2) is 6.33 Å². The van der Waals surface area contributed by atoms with Crippen molar-refractivity contribution in [3.63, 3.8) is 0 Å². The first kappa shape index (κ1) is 13.1. The predicted octanol–water partition coefficient (Wildman–Crippen LogP) is -0.791. The summed E-state index contributed by atoms with van der Waals surface area (Å²) in [7, 11) is 0. The summed E-state index contributed by atoms with van der Waals surface area (Å²) in [5.74, 6) is -0.201. The number of nitrogens with one attached hydrogen (secondary N) is 4. The lowest BCUT2D eigenvalue weighted by molar-refractivity contribution is -0.130. The third-order valence-electron chi connectivity index (χ3n) is 3.90. The van der Waals surface area contributed by atoms with Crippen molar-refractivity contribution in [3.8, 4) is 0 Å². The molecule has 0 saturated carbocycles. The zero-order valence-corrected chi connectivity index (χ0v) is 11.2. The highest BCUT2D eigenvalue weighted by Gasteiger charge is 2.29. The molecule has 2 unspecified atom stereocenters. The third kappa shape index (κ3) is 2.67. The van der Waals surface area contributed by atoms with Gasteiger partial charge in [-0.05, 0) is 19.3 Å². The number of H-pyrrole nitrogens is 1. The van der Waals surface area contributed by atoms with Crippen molar-refractivity contribution in [3.05, 3.63) is 17.7 Å². The van der Waals surface area contributed by atoms with Crippen LogP contribution in [0.4, 0.5) is 0 Å². The van der Waals surface area contributed by atoms with Crippen molar-refractivity contribution in [1.29, 1.82) is 0 Å². The van der Waals surface area contributed by atoms with Crippen LogP contribution in [0.25, 0.3) is 0 Å². The van der Waals surface area contributed by atoms with Crippen LogP contribution in [0.2, 0.25) is 0 Å². The van der Waals surface area contributed by atoms with E-state index in [1.807, 2.05) is 0 Å². The number of carbonyl (C=O) groups excluding carboxylic acids is 2. The van der Waals surface area contributed by atoms with E-state index in [0.717, 1.165) is 24.2 Å². The Bertz CT molecular complexity index is 513. The van der Waals surface area contributed by atoms with Gasteiger partial charge >= 0.3 is 0 Å². The summed E-state index contributed by atoms with van der Waals surface area (Å²) in [5, 5.41) is 8.84. The number of rotatable bonds is 2. The molecular weight excluding hydrogens is 258 g/mol. The summed E-state index contributed by atoms with van der Waals surface area (Å²) in [6, 6.07) is -0.728. The summed E-state index contributed by atoms with van der Waals surface area (Å²) in [5.41, 5.74) is 1.95. The number of aromatic amines is 1. The van der Waals surface area contributed by atoms with Gasteiger partial charge in [-0.3, -0.25) is 14.9 Å². The maximum Gasteiger partial charge on any atom is 0.242 e. The Kier molecular flexibility index (Phi) is 3.68. The first-order chi connectivity index (χ1) is 9.74. The molecule has 108 valence electrons. The van der Waals surface area contributed by atoms with Gasteiger partial charge in [-0.1, -0.05) is 0 Å². The van der Waals surface area contributed by atoms with E-state index in [4.69, 9.17) is 0 Å². The number of aromatic nitrogens is 2. The number of amides is 2. The second kappa shape index (κ2) is 5.62. The highest BCUT2D eigenvalue weighted by atomic mass is 16.2. The Morgan fingerprint density at radius 2 is 2.30 bits per heavy atom. The zero-order chi connectivity index (χ0) is 13.9. The monoisotopic (exact) mass is 277 g/mol. The molecule has 1 aromatic rings. The highest BCUT2D eigenvalue weighted by molar-refractivity contribution is 5.90. The van der Waals surface area contributed by atoms with Gasteiger partial charge in [0.25, 0.3) is 0 Å². The van der Waals surface area contributed by atoms with E-state index >= 15 is 0 Å². The number of imidazole rings is 1. The molecule has 1 saturated heterocycles. The molecule has 2 aliphatic heterocycles. The van der Waals surface area contributed by atoms with E-state index in [-0.39, 0.29) is 17.9 Å². The summed E-state index contributed by atoms with van der Waals surface area (Å²) in [6.45, 7) is 1.30. The Balaban J connectivity index is 1.61. The predicted molar refractivity (Wildman–Crippen MR) is 71.7 cm³/mol. The highest BCUT2D eigenvalue weighted by Crippen LogP contribution is 2.13. The van der Waals surface area contributed by atoms with Gasteiger partial charge in [0.05, 0.1) is 23.8 Å². The standard InChI is InChI=1S/C13H19N5O2/c19-12-8(3-1-2-4-14-12)18-13(20)10-5-9-11(6-15-10)17-7-16-9/h7-8,10,15H,1-6H2,(H,14,19)(H,16,17)(H,18,20). The van der Waals surface area contributed by atoms with Crippen molar-refractivity contribution in [1.82, 2.24) is 25.9 Å². The average molecular weight is 277 g/mol. The van der Waals surface area contributed by atoms with Crippen LogP contribution in [0.5, 0.6) is 0 Å². The topological polar surface area (TPSA) is 98.9 Å². The van der Waals surface area contributed by atoms with Crippen LogP contribution in [0.3, 0.4) is 0 Å². The molecule has 7 nitrogen and oxygen atoms in total. The second-order valence-electron chi connectivity index (χ2n) is 5.31. The molecule has 0 spiro atoms. The van der Waals surface area contributed by atoms with E-state index < -0.39 is 6.04 Å². The Morgan fingerprint density at radius 1 is 1.40 bits per heavy atom. The molecular formula is C13H19N5O2. The van der Waals surface area contributed by atoms with Crippen LogP contribution in [-0.2, 0) is 22.6 Å². The SMILES string of the molecule is O=C(NC1CCCCNC1=O)C1Cc2nc[nH]c2CN1. The van der Waals surface area contributed by atoms with Gasteiger partial charge in [-0.25, -0.2) is 4.98 Å². The van der Waals surface area contributed by atoms with Gasteiger partial charge < -0.3 is 15.6 Å². The fraction of sp³-hybridized carbons (Fsp3) is 0.615. The molecule has 0 radical (unpaired) electrons. The van der Waals surface area contributed by atoms with E-state index in [0.29, 0.717) is 25.9 Å². The number of fused-ring (bicyclic) bond motifs is 1. The van der Waals surface area contributed by atoms with Crippen molar-refractivity contribution >= 4 is 11.8 Å². The molecule has 2 aliphatic rings. The summed E-state index contributed by atoms with van der Waals surface area (Å²) in [4.78, 5) is 31.3. The Morgan fingerprint density at radius 3 is 3.20 bits per heavy atom. The minimum atomic E-state index is -0.410. The minimum Gasteiger partial charge on any atom is -0.354 e. The Hall–Kier alpha value is -1.89. The van der Waals surface area contributed by atoms with E-state index in [1.165, 1.54) is 0 Å². The van der Waals surface area contributed by atoms with Crippen molar-refractivity contribution in [2.24, 2.45) is 0 Å². The lowest BCUT2D eigenvalue weighted by Gasteiger charge is -2.24. The van der Waals surface area contributed by atoms with E-state index in [2.05, 4.69) is 25.9 Å². The fourth-order valence-corrected chi connectivity index (χ4v) is 2.70. The van der Waals surface area contributed by atoms with E-state index in [1.54, 1.807) is 6.33 Å². The second-order valence-corrected chi connectivity index (χ2v) is 5.31. The number of hydrogen-bond acceptors (Lipinski definition) is 4. The largest absolute Gasteiger partial charge is 0.354 e. The first-order valence-corrected chi connectivity index (χ1v) is 7.06. The molecule has 3 rings (SSSR count). The average Bonchev–Trinajstić information content (AvgIpc) is 2.83. The summed E-state index contributed by atoms with van der Waals surface area (Å²) >= 11 is 0. The van der Waals surface area contributed by atoms with Gasteiger partial charge in [-0.2, -0.15) is 0 Å². The quantitative estimate of drug-likeness (QED) is 0.569. The molecule has 1 aromatic heterocycles. The maximum atomic E-state index is 12.3. The zero-order valence-electron chi connectivity index (χ0n) is 11.2. The number of hydrogen-bond donors (Lipinski definition) is 4.